The third-order valence-corrected chi connectivity index (χ3v) is 5.00. The fraction of sp³-hybridized carbons (Fsp3) is 0.278. The summed E-state index contributed by atoms with van der Waals surface area (Å²) in [6.07, 6.45) is 3.65. The highest BCUT2D eigenvalue weighted by Crippen LogP contribution is 2.39. The largest absolute Gasteiger partial charge is 0.368 e. The fourth-order valence-corrected chi connectivity index (χ4v) is 3.59. The van der Waals surface area contributed by atoms with E-state index in [-0.39, 0.29) is 0 Å². The highest BCUT2D eigenvalue weighted by atomic mass is 32.2. The number of carbonyl (C=O) groups is 1. The van der Waals surface area contributed by atoms with Gasteiger partial charge in [0.25, 0.3) is 0 Å². The van der Waals surface area contributed by atoms with Gasteiger partial charge in [-0.3, -0.25) is 9.78 Å². The van der Waals surface area contributed by atoms with Gasteiger partial charge in [-0.1, -0.05) is 18.7 Å². The van der Waals surface area contributed by atoms with E-state index in [2.05, 4.69) is 22.1 Å². The van der Waals surface area contributed by atoms with Gasteiger partial charge in [0, 0.05) is 26.5 Å². The zero-order valence-corrected chi connectivity index (χ0v) is 15.5. The fourth-order valence-electron chi connectivity index (χ4n) is 2.53. The van der Waals surface area contributed by atoms with Gasteiger partial charge < -0.3 is 10.6 Å². The Hall–Kier alpha value is -3.10. The monoisotopic (exact) mass is 366 g/mol. The minimum atomic E-state index is -0.717. The molecule has 0 aliphatic carbocycles. The number of nitriles is 2. The lowest BCUT2D eigenvalue weighted by atomic mass is 10.0. The van der Waals surface area contributed by atoms with Crippen molar-refractivity contribution in [2.75, 3.05) is 19.0 Å². The summed E-state index contributed by atoms with van der Waals surface area (Å²) in [5, 5.41) is 18.8. The minimum absolute atomic E-state index is 0.306. The molecule has 0 saturated heterocycles. The van der Waals surface area contributed by atoms with Gasteiger partial charge in [0.1, 0.15) is 28.2 Å². The Kier molecular flexibility index (Phi) is 6.16. The number of nitrogens with zero attached hydrogens (tertiary/aromatic N) is 5. The van der Waals surface area contributed by atoms with Crippen molar-refractivity contribution in [3.8, 4) is 12.1 Å². The van der Waals surface area contributed by atoms with Crippen LogP contribution in [0.2, 0.25) is 0 Å². The molecule has 0 aliphatic rings. The quantitative estimate of drug-likeness (QED) is 0.778. The summed E-state index contributed by atoms with van der Waals surface area (Å²) in [6, 6.07) is 7.68. The molecule has 8 heteroatoms. The molecule has 1 amide bonds. The van der Waals surface area contributed by atoms with Crippen LogP contribution in [0.1, 0.15) is 34.4 Å². The maximum atomic E-state index is 12.0. The molecule has 2 rings (SSSR count). The molecule has 0 aromatic carbocycles. The van der Waals surface area contributed by atoms with Gasteiger partial charge in [-0.05, 0) is 29.7 Å². The lowest BCUT2D eigenvalue weighted by Crippen LogP contribution is -2.20. The third kappa shape index (κ3) is 3.76. The van der Waals surface area contributed by atoms with Crippen LogP contribution in [-0.4, -0.2) is 30.0 Å². The van der Waals surface area contributed by atoms with Gasteiger partial charge in [-0.25, -0.2) is 4.98 Å². The first-order valence-corrected chi connectivity index (χ1v) is 8.72. The number of anilines is 1. The lowest BCUT2D eigenvalue weighted by molar-refractivity contribution is -0.117. The molecule has 0 fully saturated rings. The van der Waals surface area contributed by atoms with E-state index in [4.69, 9.17) is 5.73 Å². The number of thioether (sulfide) groups is 1. The molecule has 7 nitrogen and oxygen atoms in total. The average Bonchev–Trinajstić information content (AvgIpc) is 2.64. The van der Waals surface area contributed by atoms with Crippen molar-refractivity contribution >= 4 is 23.5 Å². The molecule has 0 saturated carbocycles. The van der Waals surface area contributed by atoms with Gasteiger partial charge in [-0.2, -0.15) is 10.5 Å². The zero-order chi connectivity index (χ0) is 19.3. The second kappa shape index (κ2) is 8.32. The van der Waals surface area contributed by atoms with Crippen molar-refractivity contribution in [3.63, 3.8) is 0 Å². The Morgan fingerprint density at radius 1 is 1.27 bits per heavy atom. The number of hydrogen-bond donors (Lipinski definition) is 1. The normalized spacial score (nSPS) is 11.3. The summed E-state index contributed by atoms with van der Waals surface area (Å²) in [4.78, 5) is 22.2. The van der Waals surface area contributed by atoms with Crippen molar-refractivity contribution in [2.24, 2.45) is 5.73 Å². The van der Waals surface area contributed by atoms with E-state index >= 15 is 0 Å². The van der Waals surface area contributed by atoms with Gasteiger partial charge in [0.2, 0.25) is 5.91 Å². The van der Waals surface area contributed by atoms with E-state index < -0.39 is 11.2 Å². The second-order valence-corrected chi connectivity index (χ2v) is 6.72. The standard InChI is InChI=1S/C18H18N6OS/c1-4-12-13(9-19)17(24(2)3)23-18(14(12)10-20)26-15(16(21)25)11-5-7-22-8-6-11/h5-8,15H,4H2,1-3H3,(H2,21,25). The number of carbonyl (C=O) groups excluding carboxylic acids is 1. The van der Waals surface area contributed by atoms with Crippen molar-refractivity contribution < 1.29 is 4.79 Å². The number of nitrogens with two attached hydrogens (primary N) is 1. The highest BCUT2D eigenvalue weighted by Gasteiger charge is 2.26. The summed E-state index contributed by atoms with van der Waals surface area (Å²) < 4.78 is 0. The molecular weight excluding hydrogens is 348 g/mol. The molecule has 2 aromatic heterocycles. The minimum Gasteiger partial charge on any atom is -0.368 e. The molecule has 1 atom stereocenters. The Morgan fingerprint density at radius 3 is 2.35 bits per heavy atom. The Bertz CT molecular complexity index is 899. The molecule has 2 heterocycles. The first kappa shape index (κ1) is 19.2. The summed E-state index contributed by atoms with van der Waals surface area (Å²) in [7, 11) is 3.55. The summed E-state index contributed by atoms with van der Waals surface area (Å²) in [5.74, 6) is -0.0792. The molecule has 0 bridgehead atoms. The number of aromatic nitrogens is 2. The van der Waals surface area contributed by atoms with Crippen LogP contribution in [-0.2, 0) is 11.2 Å². The van der Waals surface area contributed by atoms with Crippen LogP contribution in [0.5, 0.6) is 0 Å². The molecular formula is C18H18N6OS. The van der Waals surface area contributed by atoms with Crippen LogP contribution < -0.4 is 10.6 Å². The molecule has 132 valence electrons. The van der Waals surface area contributed by atoms with Crippen molar-refractivity contribution in [1.29, 1.82) is 10.5 Å². The lowest BCUT2D eigenvalue weighted by Gasteiger charge is -2.20. The van der Waals surface area contributed by atoms with Crippen molar-refractivity contribution in [2.45, 2.75) is 23.6 Å². The third-order valence-electron chi connectivity index (χ3n) is 3.75. The van der Waals surface area contributed by atoms with Crippen LogP contribution in [0.15, 0.2) is 29.6 Å². The van der Waals surface area contributed by atoms with Gasteiger partial charge in [0.15, 0.2) is 0 Å². The highest BCUT2D eigenvalue weighted by molar-refractivity contribution is 8.00. The number of primary amides is 1. The van der Waals surface area contributed by atoms with Gasteiger partial charge in [-0.15, -0.1) is 0 Å². The maximum absolute atomic E-state index is 12.0. The van der Waals surface area contributed by atoms with E-state index in [0.717, 1.165) is 11.8 Å². The summed E-state index contributed by atoms with van der Waals surface area (Å²) in [5.41, 5.74) is 7.55. The van der Waals surface area contributed by atoms with Crippen LogP contribution >= 0.6 is 11.8 Å². The van der Waals surface area contributed by atoms with Crippen LogP contribution in [0.4, 0.5) is 5.82 Å². The first-order chi connectivity index (χ1) is 12.4. The molecule has 0 radical (unpaired) electrons. The van der Waals surface area contributed by atoms with E-state index in [1.807, 2.05) is 6.92 Å². The Labute approximate surface area is 156 Å². The first-order valence-electron chi connectivity index (χ1n) is 7.84. The van der Waals surface area contributed by atoms with Crippen LogP contribution in [0.3, 0.4) is 0 Å². The number of amides is 1. The van der Waals surface area contributed by atoms with Crippen molar-refractivity contribution in [1.82, 2.24) is 9.97 Å². The maximum Gasteiger partial charge on any atom is 0.235 e. The van der Waals surface area contributed by atoms with Crippen molar-refractivity contribution in [3.05, 3.63) is 46.8 Å². The predicted molar refractivity (Wildman–Crippen MR) is 99.4 cm³/mol. The Balaban J connectivity index is 2.65. The van der Waals surface area contributed by atoms with E-state index in [0.29, 0.717) is 39.5 Å². The van der Waals surface area contributed by atoms with E-state index in [1.165, 1.54) is 0 Å². The molecule has 0 spiro atoms. The summed E-state index contributed by atoms with van der Waals surface area (Å²) >= 11 is 1.11. The summed E-state index contributed by atoms with van der Waals surface area (Å²) in [6.45, 7) is 1.87. The second-order valence-electron chi connectivity index (χ2n) is 5.62. The SMILES string of the molecule is CCc1c(C#N)c(SC(C(N)=O)c2ccncc2)nc(N(C)C)c1C#N. The predicted octanol–water partition coefficient (Wildman–Crippen LogP) is 2.17. The topological polar surface area (TPSA) is 120 Å². The van der Waals surface area contributed by atoms with Gasteiger partial charge >= 0.3 is 0 Å². The molecule has 2 N–H and O–H groups in total. The molecule has 0 aliphatic heterocycles. The number of rotatable bonds is 6. The zero-order valence-electron chi connectivity index (χ0n) is 14.7. The van der Waals surface area contributed by atoms with Gasteiger partial charge in [0.05, 0.1) is 11.1 Å². The smallest absolute Gasteiger partial charge is 0.235 e. The van der Waals surface area contributed by atoms with Crippen LogP contribution in [0.25, 0.3) is 0 Å². The van der Waals surface area contributed by atoms with E-state index in [1.54, 1.807) is 43.5 Å². The molecule has 26 heavy (non-hydrogen) atoms. The number of pyridine rings is 2. The van der Waals surface area contributed by atoms with Crippen LogP contribution in [0, 0.1) is 22.7 Å². The Morgan fingerprint density at radius 2 is 1.88 bits per heavy atom. The number of hydrogen-bond acceptors (Lipinski definition) is 7. The molecule has 2 aromatic rings. The average molecular weight is 366 g/mol. The molecule has 1 unspecified atom stereocenters. The van der Waals surface area contributed by atoms with E-state index in [9.17, 15) is 15.3 Å².